The van der Waals surface area contributed by atoms with Crippen molar-refractivity contribution < 1.29 is 14.6 Å². The Hall–Kier alpha value is -0.810. The molecule has 1 saturated carbocycles. The fourth-order valence-electron chi connectivity index (χ4n) is 2.47. The molecule has 18 heavy (non-hydrogen) atoms. The SMILES string of the molecule is COCC(O)CNC(=O)NC(C)C1CCCCC1. The molecule has 0 radical (unpaired) electrons. The van der Waals surface area contributed by atoms with Crippen molar-refractivity contribution in [1.82, 2.24) is 10.6 Å². The van der Waals surface area contributed by atoms with Gasteiger partial charge in [-0.25, -0.2) is 4.79 Å². The van der Waals surface area contributed by atoms with Crippen molar-refractivity contribution in [3.8, 4) is 0 Å². The van der Waals surface area contributed by atoms with Crippen LogP contribution in [0.15, 0.2) is 0 Å². The number of hydrogen-bond acceptors (Lipinski definition) is 3. The number of methoxy groups -OCH3 is 1. The predicted molar refractivity (Wildman–Crippen MR) is 70.5 cm³/mol. The molecule has 3 N–H and O–H groups in total. The van der Waals surface area contributed by atoms with Gasteiger partial charge in [0.25, 0.3) is 0 Å². The van der Waals surface area contributed by atoms with E-state index < -0.39 is 6.10 Å². The van der Waals surface area contributed by atoms with Gasteiger partial charge in [0.2, 0.25) is 0 Å². The van der Waals surface area contributed by atoms with Crippen LogP contribution < -0.4 is 10.6 Å². The van der Waals surface area contributed by atoms with Crippen LogP contribution in [0.5, 0.6) is 0 Å². The second kappa shape index (κ2) is 8.32. The summed E-state index contributed by atoms with van der Waals surface area (Å²) in [5.74, 6) is 0.591. The van der Waals surface area contributed by atoms with Crippen molar-refractivity contribution in [3.63, 3.8) is 0 Å². The summed E-state index contributed by atoms with van der Waals surface area (Å²) in [4.78, 5) is 11.6. The zero-order valence-electron chi connectivity index (χ0n) is 11.4. The van der Waals surface area contributed by atoms with E-state index in [1.54, 1.807) is 0 Å². The number of carbonyl (C=O) groups excluding carboxylic acids is 1. The Balaban J connectivity index is 2.18. The molecule has 0 aromatic rings. The number of amides is 2. The highest BCUT2D eigenvalue weighted by atomic mass is 16.5. The topological polar surface area (TPSA) is 70.6 Å². The smallest absolute Gasteiger partial charge is 0.315 e. The van der Waals surface area contributed by atoms with Crippen LogP contribution in [0.4, 0.5) is 4.79 Å². The summed E-state index contributed by atoms with van der Waals surface area (Å²) in [5, 5.41) is 15.0. The average molecular weight is 258 g/mol. The summed E-state index contributed by atoms with van der Waals surface area (Å²) in [5.41, 5.74) is 0. The molecule has 0 aromatic carbocycles. The van der Waals surface area contributed by atoms with Gasteiger partial charge < -0.3 is 20.5 Å². The lowest BCUT2D eigenvalue weighted by Crippen LogP contribution is -2.46. The van der Waals surface area contributed by atoms with Gasteiger partial charge in [0.1, 0.15) is 0 Å². The predicted octanol–water partition coefficient (Wildman–Crippen LogP) is 1.26. The molecule has 0 spiro atoms. The lowest BCUT2D eigenvalue weighted by atomic mass is 9.85. The van der Waals surface area contributed by atoms with E-state index in [0.717, 1.165) is 0 Å². The number of ether oxygens (including phenoxy) is 1. The van der Waals surface area contributed by atoms with Crippen LogP contribution in [0.25, 0.3) is 0 Å². The zero-order valence-corrected chi connectivity index (χ0v) is 11.4. The molecule has 5 nitrogen and oxygen atoms in total. The van der Waals surface area contributed by atoms with Crippen molar-refractivity contribution >= 4 is 6.03 Å². The zero-order chi connectivity index (χ0) is 13.4. The summed E-state index contributed by atoms with van der Waals surface area (Å²) in [6, 6.07) is -0.00639. The Labute approximate surface area is 109 Å². The molecule has 2 unspecified atom stereocenters. The fourth-order valence-corrected chi connectivity index (χ4v) is 2.47. The molecule has 0 heterocycles. The third-order valence-corrected chi connectivity index (χ3v) is 3.57. The molecule has 2 amide bonds. The fraction of sp³-hybridized carbons (Fsp3) is 0.923. The number of urea groups is 1. The van der Waals surface area contributed by atoms with E-state index in [2.05, 4.69) is 17.6 Å². The lowest BCUT2D eigenvalue weighted by molar-refractivity contribution is 0.0658. The Morgan fingerprint density at radius 1 is 1.39 bits per heavy atom. The molecule has 0 aliphatic heterocycles. The first-order chi connectivity index (χ1) is 8.63. The maximum Gasteiger partial charge on any atom is 0.315 e. The van der Waals surface area contributed by atoms with Gasteiger partial charge >= 0.3 is 6.03 Å². The molecule has 106 valence electrons. The second-order valence-corrected chi connectivity index (χ2v) is 5.15. The van der Waals surface area contributed by atoms with Crippen LogP contribution in [0.2, 0.25) is 0 Å². The molecule has 2 atom stereocenters. The lowest BCUT2D eigenvalue weighted by Gasteiger charge is -2.28. The van der Waals surface area contributed by atoms with E-state index in [1.165, 1.54) is 39.2 Å². The third-order valence-electron chi connectivity index (χ3n) is 3.57. The van der Waals surface area contributed by atoms with E-state index in [0.29, 0.717) is 5.92 Å². The first-order valence-electron chi connectivity index (χ1n) is 6.85. The minimum Gasteiger partial charge on any atom is -0.389 e. The molecule has 1 aliphatic rings. The average Bonchev–Trinajstić information content (AvgIpc) is 2.38. The minimum atomic E-state index is -0.647. The van der Waals surface area contributed by atoms with Gasteiger partial charge in [0, 0.05) is 19.7 Å². The van der Waals surface area contributed by atoms with Crippen LogP contribution in [-0.2, 0) is 4.74 Å². The van der Waals surface area contributed by atoms with E-state index in [9.17, 15) is 9.90 Å². The minimum absolute atomic E-state index is 0.199. The maximum absolute atomic E-state index is 11.6. The van der Waals surface area contributed by atoms with E-state index in [4.69, 9.17) is 4.74 Å². The molecule has 1 aliphatic carbocycles. The van der Waals surface area contributed by atoms with Crippen molar-refractivity contribution in [2.24, 2.45) is 5.92 Å². The van der Waals surface area contributed by atoms with Gasteiger partial charge in [0.15, 0.2) is 0 Å². The number of nitrogens with one attached hydrogen (secondary N) is 2. The third kappa shape index (κ3) is 5.69. The van der Waals surface area contributed by atoms with E-state index >= 15 is 0 Å². The number of hydrogen-bond donors (Lipinski definition) is 3. The monoisotopic (exact) mass is 258 g/mol. The molecule has 0 aromatic heterocycles. The molecular formula is C13H26N2O3. The Morgan fingerprint density at radius 2 is 2.06 bits per heavy atom. The van der Waals surface area contributed by atoms with E-state index in [1.807, 2.05) is 0 Å². The molecule has 1 fully saturated rings. The van der Waals surface area contributed by atoms with Crippen molar-refractivity contribution in [3.05, 3.63) is 0 Å². The van der Waals surface area contributed by atoms with Gasteiger partial charge in [0.05, 0.1) is 12.7 Å². The second-order valence-electron chi connectivity index (χ2n) is 5.15. The highest BCUT2D eigenvalue weighted by Crippen LogP contribution is 2.26. The van der Waals surface area contributed by atoms with Crippen LogP contribution in [0.1, 0.15) is 39.0 Å². The largest absolute Gasteiger partial charge is 0.389 e. The first-order valence-corrected chi connectivity index (χ1v) is 6.85. The summed E-state index contributed by atoms with van der Waals surface area (Å²) in [6.45, 7) is 2.51. The Bertz CT molecular complexity index is 242. The van der Waals surface area contributed by atoms with Crippen LogP contribution in [-0.4, -0.2) is 43.5 Å². The highest BCUT2D eigenvalue weighted by Gasteiger charge is 2.21. The number of rotatable bonds is 6. The summed E-state index contributed by atoms with van der Waals surface area (Å²) >= 11 is 0. The van der Waals surface area contributed by atoms with E-state index in [-0.39, 0.29) is 25.2 Å². The van der Waals surface area contributed by atoms with Crippen LogP contribution in [0, 0.1) is 5.92 Å². The van der Waals surface area contributed by atoms with Crippen molar-refractivity contribution in [2.75, 3.05) is 20.3 Å². The van der Waals surface area contributed by atoms with Gasteiger partial charge in [-0.15, -0.1) is 0 Å². The molecule has 0 bridgehead atoms. The summed E-state index contributed by atoms with van der Waals surface area (Å²) in [6.07, 6.45) is 5.61. The van der Waals surface area contributed by atoms with Crippen LogP contribution >= 0.6 is 0 Å². The summed E-state index contributed by atoms with van der Waals surface area (Å²) in [7, 11) is 1.52. The number of aliphatic hydroxyl groups is 1. The molecule has 1 rings (SSSR count). The van der Waals surface area contributed by atoms with Crippen molar-refractivity contribution in [1.29, 1.82) is 0 Å². The molecule has 5 heteroatoms. The van der Waals surface area contributed by atoms with Crippen molar-refractivity contribution in [2.45, 2.75) is 51.2 Å². The Morgan fingerprint density at radius 3 is 2.67 bits per heavy atom. The Kier molecular flexibility index (Phi) is 7.05. The van der Waals surface area contributed by atoms with Gasteiger partial charge in [-0.05, 0) is 25.7 Å². The van der Waals surface area contributed by atoms with Gasteiger partial charge in [-0.3, -0.25) is 0 Å². The summed E-state index contributed by atoms with van der Waals surface area (Å²) < 4.78 is 4.79. The normalized spacial score (nSPS) is 20.2. The standard InChI is InChI=1S/C13H26N2O3/c1-10(11-6-4-3-5-7-11)15-13(17)14-8-12(16)9-18-2/h10-12,16H,3-9H2,1-2H3,(H2,14,15,17). The van der Waals surface area contributed by atoms with Gasteiger partial charge in [-0.2, -0.15) is 0 Å². The van der Waals surface area contributed by atoms with Gasteiger partial charge in [-0.1, -0.05) is 19.3 Å². The highest BCUT2D eigenvalue weighted by molar-refractivity contribution is 5.74. The maximum atomic E-state index is 11.6. The quantitative estimate of drug-likeness (QED) is 0.672. The molecule has 0 saturated heterocycles. The number of carbonyl (C=O) groups is 1. The van der Waals surface area contributed by atoms with Crippen LogP contribution in [0.3, 0.4) is 0 Å². The first kappa shape index (κ1) is 15.2. The molecular weight excluding hydrogens is 232 g/mol. The number of aliphatic hydroxyl groups excluding tert-OH is 1.